The Morgan fingerprint density at radius 1 is 1.22 bits per heavy atom. The van der Waals surface area contributed by atoms with Crippen molar-refractivity contribution < 1.29 is 13.9 Å². The first-order chi connectivity index (χ1) is 11.2. The predicted molar refractivity (Wildman–Crippen MR) is 91.0 cm³/mol. The van der Waals surface area contributed by atoms with Crippen molar-refractivity contribution in [1.29, 1.82) is 0 Å². The molecular weight excluding hydrogens is 292 g/mol. The van der Waals surface area contributed by atoms with Crippen molar-refractivity contribution in [3.8, 4) is 11.5 Å². The molecule has 0 saturated carbocycles. The van der Waals surface area contributed by atoms with E-state index in [0.29, 0.717) is 6.61 Å². The Kier molecular flexibility index (Phi) is 6.50. The quantitative estimate of drug-likeness (QED) is 0.770. The maximum absolute atomic E-state index is 5.54. The summed E-state index contributed by atoms with van der Waals surface area (Å²) < 4.78 is 16.4. The van der Waals surface area contributed by atoms with Crippen molar-refractivity contribution in [2.75, 3.05) is 34.4 Å². The Balaban J connectivity index is 1.95. The summed E-state index contributed by atoms with van der Waals surface area (Å²) in [5, 5.41) is 3.48. The van der Waals surface area contributed by atoms with Gasteiger partial charge in [0.15, 0.2) is 11.5 Å². The Hall–Kier alpha value is -1.98. The molecule has 0 radical (unpaired) electrons. The number of ether oxygens (including phenoxy) is 2. The molecule has 5 nitrogen and oxygen atoms in total. The second kappa shape index (κ2) is 8.60. The third-order valence-electron chi connectivity index (χ3n) is 3.69. The second-order valence-electron chi connectivity index (χ2n) is 5.54. The molecular formula is C18H26N2O3. The van der Waals surface area contributed by atoms with E-state index >= 15 is 0 Å². The molecule has 0 fully saturated rings. The van der Waals surface area contributed by atoms with E-state index in [2.05, 4.69) is 30.4 Å². The molecule has 0 amide bonds. The number of nitrogens with zero attached hydrogens (tertiary/aromatic N) is 1. The fourth-order valence-corrected chi connectivity index (χ4v) is 2.47. The van der Waals surface area contributed by atoms with Gasteiger partial charge in [0.25, 0.3) is 0 Å². The molecule has 1 aromatic carbocycles. The minimum Gasteiger partial charge on any atom is -0.493 e. The minimum absolute atomic E-state index is 0.203. The molecule has 0 spiro atoms. The van der Waals surface area contributed by atoms with Crippen molar-refractivity contribution in [2.24, 2.45) is 0 Å². The average Bonchev–Trinajstić information content (AvgIpc) is 3.06. The van der Waals surface area contributed by atoms with E-state index in [9.17, 15) is 0 Å². The summed E-state index contributed by atoms with van der Waals surface area (Å²) in [4.78, 5) is 2.14. The van der Waals surface area contributed by atoms with Crippen LogP contribution in [0.25, 0.3) is 0 Å². The molecule has 0 aliphatic heterocycles. The highest BCUT2D eigenvalue weighted by Crippen LogP contribution is 2.28. The molecule has 1 aromatic heterocycles. The van der Waals surface area contributed by atoms with Crippen molar-refractivity contribution in [2.45, 2.75) is 19.5 Å². The molecule has 1 atom stereocenters. The molecule has 0 aliphatic carbocycles. The maximum atomic E-state index is 5.54. The van der Waals surface area contributed by atoms with Gasteiger partial charge in [-0.2, -0.15) is 0 Å². The van der Waals surface area contributed by atoms with E-state index in [-0.39, 0.29) is 6.04 Å². The van der Waals surface area contributed by atoms with Crippen LogP contribution in [0.2, 0.25) is 0 Å². The van der Waals surface area contributed by atoms with Crippen LogP contribution in [0.3, 0.4) is 0 Å². The lowest BCUT2D eigenvalue weighted by Gasteiger charge is -2.22. The van der Waals surface area contributed by atoms with Gasteiger partial charge in [0.1, 0.15) is 5.76 Å². The third kappa shape index (κ3) is 4.74. The van der Waals surface area contributed by atoms with E-state index < -0.39 is 0 Å². The Morgan fingerprint density at radius 2 is 2.04 bits per heavy atom. The predicted octanol–water partition coefficient (Wildman–Crippen LogP) is 3.08. The normalized spacial score (nSPS) is 12.4. The summed E-state index contributed by atoms with van der Waals surface area (Å²) in [6.07, 6.45) is 1.71. The summed E-state index contributed by atoms with van der Waals surface area (Å²) >= 11 is 0. The van der Waals surface area contributed by atoms with Crippen molar-refractivity contribution in [3.05, 3.63) is 47.9 Å². The topological polar surface area (TPSA) is 46.9 Å². The van der Waals surface area contributed by atoms with Crippen LogP contribution in [0.5, 0.6) is 11.5 Å². The number of hydrogen-bond acceptors (Lipinski definition) is 5. The molecule has 23 heavy (non-hydrogen) atoms. The molecule has 0 saturated heterocycles. The zero-order valence-corrected chi connectivity index (χ0v) is 14.3. The number of nitrogens with one attached hydrogen (secondary N) is 1. The molecule has 1 N–H and O–H groups in total. The lowest BCUT2D eigenvalue weighted by molar-refractivity contribution is 0.250. The molecule has 1 heterocycles. The van der Waals surface area contributed by atoms with Gasteiger partial charge in [-0.15, -0.1) is 0 Å². The van der Waals surface area contributed by atoms with E-state index in [4.69, 9.17) is 13.9 Å². The van der Waals surface area contributed by atoms with Crippen LogP contribution in [0.1, 0.15) is 24.3 Å². The van der Waals surface area contributed by atoms with Gasteiger partial charge in [0.05, 0.1) is 26.0 Å². The largest absolute Gasteiger partial charge is 0.493 e. The summed E-state index contributed by atoms with van der Waals surface area (Å²) in [7, 11) is 5.76. The smallest absolute Gasteiger partial charge is 0.161 e. The molecule has 2 aromatic rings. The van der Waals surface area contributed by atoms with E-state index in [1.54, 1.807) is 13.4 Å². The van der Waals surface area contributed by atoms with Gasteiger partial charge in [0, 0.05) is 13.1 Å². The van der Waals surface area contributed by atoms with E-state index in [0.717, 1.165) is 35.9 Å². The maximum Gasteiger partial charge on any atom is 0.161 e. The van der Waals surface area contributed by atoms with Gasteiger partial charge in [-0.25, -0.2) is 0 Å². The summed E-state index contributed by atoms with van der Waals surface area (Å²) in [6, 6.07) is 10.1. The first kappa shape index (κ1) is 17.4. The average molecular weight is 318 g/mol. The number of furan rings is 1. The number of methoxy groups -OCH3 is 1. The number of likely N-dealkylation sites (N-methyl/N-ethyl adjacent to an activating group) is 1. The van der Waals surface area contributed by atoms with Crippen LogP contribution in [0, 0.1) is 0 Å². The van der Waals surface area contributed by atoms with Crippen LogP contribution < -0.4 is 14.8 Å². The summed E-state index contributed by atoms with van der Waals surface area (Å²) in [5.74, 6) is 2.51. The zero-order valence-electron chi connectivity index (χ0n) is 14.3. The van der Waals surface area contributed by atoms with Gasteiger partial charge >= 0.3 is 0 Å². The number of rotatable bonds is 9. The minimum atomic E-state index is 0.203. The van der Waals surface area contributed by atoms with Gasteiger partial charge in [-0.1, -0.05) is 6.07 Å². The first-order valence-electron chi connectivity index (χ1n) is 7.86. The fraction of sp³-hybridized carbons (Fsp3) is 0.444. The number of hydrogen-bond donors (Lipinski definition) is 1. The molecule has 0 bridgehead atoms. The lowest BCUT2D eigenvalue weighted by Crippen LogP contribution is -2.30. The fourth-order valence-electron chi connectivity index (χ4n) is 2.47. The second-order valence-corrected chi connectivity index (χ2v) is 5.54. The molecule has 126 valence electrons. The highest BCUT2D eigenvalue weighted by Gasteiger charge is 2.16. The molecule has 5 heteroatoms. The van der Waals surface area contributed by atoms with E-state index in [1.165, 1.54) is 0 Å². The SMILES string of the molecule is CCOc1ccc(CNCC(c2ccco2)N(C)C)cc1OC. The summed E-state index contributed by atoms with van der Waals surface area (Å²) in [6.45, 7) is 4.15. The van der Waals surface area contributed by atoms with Crippen LogP contribution in [0.15, 0.2) is 41.0 Å². The zero-order chi connectivity index (χ0) is 16.7. The first-order valence-corrected chi connectivity index (χ1v) is 7.86. The van der Waals surface area contributed by atoms with Crippen molar-refractivity contribution in [3.63, 3.8) is 0 Å². The molecule has 0 aliphatic rings. The Bertz CT molecular complexity index is 582. The lowest BCUT2D eigenvalue weighted by atomic mass is 10.1. The highest BCUT2D eigenvalue weighted by molar-refractivity contribution is 5.42. The Labute approximate surface area is 138 Å². The summed E-state index contributed by atoms with van der Waals surface area (Å²) in [5.41, 5.74) is 1.15. The van der Waals surface area contributed by atoms with Gasteiger partial charge in [-0.05, 0) is 50.8 Å². The van der Waals surface area contributed by atoms with E-state index in [1.807, 2.05) is 31.2 Å². The van der Waals surface area contributed by atoms with Crippen molar-refractivity contribution in [1.82, 2.24) is 10.2 Å². The number of benzene rings is 1. The Morgan fingerprint density at radius 3 is 2.65 bits per heavy atom. The highest BCUT2D eigenvalue weighted by atomic mass is 16.5. The van der Waals surface area contributed by atoms with Gasteiger partial charge in [0.2, 0.25) is 0 Å². The van der Waals surface area contributed by atoms with Gasteiger partial charge < -0.3 is 19.2 Å². The van der Waals surface area contributed by atoms with Crippen molar-refractivity contribution >= 4 is 0 Å². The molecule has 1 unspecified atom stereocenters. The van der Waals surface area contributed by atoms with Gasteiger partial charge in [-0.3, -0.25) is 4.90 Å². The van der Waals surface area contributed by atoms with Crippen LogP contribution >= 0.6 is 0 Å². The standard InChI is InChI=1S/C18H26N2O3/c1-5-22-17-9-8-14(11-18(17)21-4)12-19-13-15(20(2)3)16-7-6-10-23-16/h6-11,15,19H,5,12-13H2,1-4H3. The van der Waals surface area contributed by atoms with Crippen LogP contribution in [-0.2, 0) is 6.54 Å². The molecule has 2 rings (SSSR count). The monoisotopic (exact) mass is 318 g/mol. The van der Waals surface area contributed by atoms with Crippen LogP contribution in [-0.4, -0.2) is 39.3 Å². The third-order valence-corrected chi connectivity index (χ3v) is 3.69. The van der Waals surface area contributed by atoms with Crippen LogP contribution in [0.4, 0.5) is 0 Å².